The minimum Gasteiger partial charge on any atom is -0.507 e. The summed E-state index contributed by atoms with van der Waals surface area (Å²) < 4.78 is 21.6. The Labute approximate surface area is 139 Å². The fourth-order valence-electron chi connectivity index (χ4n) is 2.79. The average Bonchev–Trinajstić information content (AvgIpc) is 2.61. The number of aromatic hydroxyl groups is 1. The van der Waals surface area contributed by atoms with Crippen molar-refractivity contribution in [3.05, 3.63) is 41.5 Å². The van der Waals surface area contributed by atoms with Crippen molar-refractivity contribution in [2.75, 3.05) is 21.3 Å². The van der Waals surface area contributed by atoms with Crippen LogP contribution in [0, 0.1) is 0 Å². The van der Waals surface area contributed by atoms with Crippen LogP contribution in [0.4, 0.5) is 0 Å². The monoisotopic (exact) mass is 330 g/mol. The Hall–Kier alpha value is -2.89. The molecule has 2 aromatic rings. The molecule has 0 radical (unpaired) electrons. The zero-order valence-corrected chi connectivity index (χ0v) is 13.7. The Balaban J connectivity index is 2.04. The SMILES string of the molecule is COc1ccc(C2CC(=O)c3c(O)cc(OC)c(OC)c3O2)cc1. The molecule has 1 atom stereocenters. The molecule has 3 rings (SSSR count). The summed E-state index contributed by atoms with van der Waals surface area (Å²) in [5.41, 5.74) is 0.955. The van der Waals surface area contributed by atoms with Crippen LogP contribution < -0.4 is 18.9 Å². The number of carbonyl (C=O) groups excluding carboxylic acids is 1. The quantitative estimate of drug-likeness (QED) is 0.928. The van der Waals surface area contributed by atoms with E-state index in [0.717, 1.165) is 11.3 Å². The molecular weight excluding hydrogens is 312 g/mol. The third-order valence-corrected chi connectivity index (χ3v) is 4.00. The lowest BCUT2D eigenvalue weighted by Gasteiger charge is -2.28. The maximum atomic E-state index is 12.5. The normalized spacial score (nSPS) is 16.1. The zero-order valence-electron chi connectivity index (χ0n) is 13.7. The number of fused-ring (bicyclic) bond motifs is 1. The van der Waals surface area contributed by atoms with E-state index in [4.69, 9.17) is 18.9 Å². The van der Waals surface area contributed by atoms with Crippen LogP contribution in [0.2, 0.25) is 0 Å². The van der Waals surface area contributed by atoms with Crippen LogP contribution >= 0.6 is 0 Å². The lowest BCUT2D eigenvalue weighted by Crippen LogP contribution is -2.21. The van der Waals surface area contributed by atoms with Gasteiger partial charge in [-0.3, -0.25) is 4.79 Å². The van der Waals surface area contributed by atoms with Crippen molar-refractivity contribution >= 4 is 5.78 Å². The summed E-state index contributed by atoms with van der Waals surface area (Å²) in [4.78, 5) is 12.5. The van der Waals surface area contributed by atoms with E-state index in [1.807, 2.05) is 12.1 Å². The molecule has 0 amide bonds. The van der Waals surface area contributed by atoms with Crippen molar-refractivity contribution in [2.24, 2.45) is 0 Å². The second kappa shape index (κ2) is 6.31. The highest BCUT2D eigenvalue weighted by molar-refractivity contribution is 6.03. The van der Waals surface area contributed by atoms with Crippen LogP contribution in [0.5, 0.6) is 28.7 Å². The van der Waals surface area contributed by atoms with E-state index >= 15 is 0 Å². The summed E-state index contributed by atoms with van der Waals surface area (Å²) in [5, 5.41) is 10.1. The Morgan fingerprint density at radius 1 is 1.08 bits per heavy atom. The Kier molecular flexibility index (Phi) is 4.20. The third kappa shape index (κ3) is 2.60. The van der Waals surface area contributed by atoms with Gasteiger partial charge in [-0.2, -0.15) is 0 Å². The van der Waals surface area contributed by atoms with Gasteiger partial charge >= 0.3 is 0 Å². The minimum atomic E-state index is -0.476. The first-order chi connectivity index (χ1) is 11.6. The molecule has 1 aliphatic rings. The van der Waals surface area contributed by atoms with E-state index in [-0.39, 0.29) is 35.0 Å². The van der Waals surface area contributed by atoms with Crippen LogP contribution in [0.3, 0.4) is 0 Å². The van der Waals surface area contributed by atoms with Gasteiger partial charge in [-0.15, -0.1) is 0 Å². The summed E-state index contributed by atoms with van der Waals surface area (Å²) in [6.45, 7) is 0. The van der Waals surface area contributed by atoms with Crippen molar-refractivity contribution < 1.29 is 28.8 Å². The summed E-state index contributed by atoms with van der Waals surface area (Å²) >= 11 is 0. The van der Waals surface area contributed by atoms with Crippen molar-refractivity contribution in [3.8, 4) is 28.7 Å². The number of carbonyl (C=O) groups is 1. The highest BCUT2D eigenvalue weighted by atomic mass is 16.5. The predicted octanol–water partition coefficient (Wildman–Crippen LogP) is 3.12. The van der Waals surface area contributed by atoms with E-state index in [9.17, 15) is 9.90 Å². The number of benzene rings is 2. The fraction of sp³-hybridized carbons (Fsp3) is 0.278. The van der Waals surface area contributed by atoms with Crippen LogP contribution in [-0.4, -0.2) is 32.2 Å². The molecule has 0 saturated carbocycles. The molecule has 0 fully saturated rings. The van der Waals surface area contributed by atoms with Gasteiger partial charge < -0.3 is 24.1 Å². The van der Waals surface area contributed by atoms with E-state index < -0.39 is 6.10 Å². The number of phenols is 1. The topological polar surface area (TPSA) is 74.2 Å². The van der Waals surface area contributed by atoms with Crippen molar-refractivity contribution in [2.45, 2.75) is 12.5 Å². The van der Waals surface area contributed by atoms with E-state index in [0.29, 0.717) is 5.75 Å². The first-order valence-electron chi connectivity index (χ1n) is 7.40. The second-order valence-electron chi connectivity index (χ2n) is 5.34. The largest absolute Gasteiger partial charge is 0.507 e. The molecule has 1 N–H and O–H groups in total. The zero-order chi connectivity index (χ0) is 17.3. The Bertz CT molecular complexity index is 766. The molecule has 1 heterocycles. The van der Waals surface area contributed by atoms with Gasteiger partial charge in [-0.05, 0) is 17.7 Å². The molecule has 6 nitrogen and oxygen atoms in total. The molecule has 0 saturated heterocycles. The molecule has 1 aliphatic heterocycles. The number of ether oxygens (including phenoxy) is 4. The van der Waals surface area contributed by atoms with Gasteiger partial charge in [0.1, 0.15) is 23.2 Å². The Morgan fingerprint density at radius 3 is 2.38 bits per heavy atom. The van der Waals surface area contributed by atoms with E-state index in [1.165, 1.54) is 20.3 Å². The number of hydrogen-bond acceptors (Lipinski definition) is 6. The number of rotatable bonds is 4. The molecule has 0 spiro atoms. The number of ketones is 1. The number of hydrogen-bond donors (Lipinski definition) is 1. The van der Waals surface area contributed by atoms with Gasteiger partial charge in [0.2, 0.25) is 5.75 Å². The first-order valence-corrected chi connectivity index (χ1v) is 7.40. The van der Waals surface area contributed by atoms with Crippen LogP contribution in [-0.2, 0) is 0 Å². The predicted molar refractivity (Wildman–Crippen MR) is 86.5 cm³/mol. The molecular formula is C18H18O6. The number of methoxy groups -OCH3 is 3. The molecule has 24 heavy (non-hydrogen) atoms. The maximum Gasteiger partial charge on any atom is 0.204 e. The molecule has 0 aromatic heterocycles. The molecule has 0 aliphatic carbocycles. The van der Waals surface area contributed by atoms with Crippen molar-refractivity contribution in [1.82, 2.24) is 0 Å². The molecule has 1 unspecified atom stereocenters. The van der Waals surface area contributed by atoms with Gasteiger partial charge in [-0.25, -0.2) is 0 Å². The maximum absolute atomic E-state index is 12.5. The first kappa shape index (κ1) is 16.0. The summed E-state index contributed by atoms with van der Waals surface area (Å²) in [6, 6.07) is 8.65. The highest BCUT2D eigenvalue weighted by Crippen LogP contribution is 2.49. The standard InChI is InChI=1S/C18H18O6/c1-21-11-6-4-10(5-7-11)14-8-12(19)16-13(20)9-15(22-2)17(23-3)18(16)24-14/h4-7,9,14,20H,8H2,1-3H3. The lowest BCUT2D eigenvalue weighted by atomic mass is 9.95. The lowest BCUT2D eigenvalue weighted by molar-refractivity contribution is 0.0836. The van der Waals surface area contributed by atoms with Gasteiger partial charge in [0.25, 0.3) is 0 Å². The molecule has 126 valence electrons. The smallest absolute Gasteiger partial charge is 0.204 e. The van der Waals surface area contributed by atoms with Gasteiger partial charge in [-0.1, -0.05) is 12.1 Å². The van der Waals surface area contributed by atoms with Gasteiger partial charge in [0.15, 0.2) is 17.3 Å². The second-order valence-corrected chi connectivity index (χ2v) is 5.34. The van der Waals surface area contributed by atoms with Crippen LogP contribution in [0.15, 0.2) is 30.3 Å². The van der Waals surface area contributed by atoms with Crippen molar-refractivity contribution in [3.63, 3.8) is 0 Å². The third-order valence-electron chi connectivity index (χ3n) is 4.00. The Morgan fingerprint density at radius 2 is 1.79 bits per heavy atom. The van der Waals surface area contributed by atoms with Gasteiger partial charge in [0, 0.05) is 6.07 Å². The van der Waals surface area contributed by atoms with Crippen LogP contribution in [0.1, 0.15) is 28.4 Å². The fourth-order valence-corrected chi connectivity index (χ4v) is 2.79. The summed E-state index contributed by atoms with van der Waals surface area (Å²) in [6.07, 6.45) is -0.348. The van der Waals surface area contributed by atoms with Crippen LogP contribution in [0.25, 0.3) is 0 Å². The van der Waals surface area contributed by atoms with Crippen molar-refractivity contribution in [1.29, 1.82) is 0 Å². The molecule has 2 aromatic carbocycles. The highest BCUT2D eigenvalue weighted by Gasteiger charge is 2.34. The van der Waals surface area contributed by atoms with Gasteiger partial charge in [0.05, 0.1) is 27.8 Å². The number of Topliss-reactive ketones (excluding diaryl/α,β-unsaturated/α-hetero) is 1. The average molecular weight is 330 g/mol. The number of phenolic OH excluding ortho intramolecular Hbond substituents is 1. The summed E-state index contributed by atoms with van der Waals surface area (Å²) in [5.74, 6) is 1.12. The van der Waals surface area contributed by atoms with E-state index in [1.54, 1.807) is 19.2 Å². The minimum absolute atomic E-state index is 0.123. The molecule has 6 heteroatoms. The van der Waals surface area contributed by atoms with E-state index in [2.05, 4.69) is 0 Å². The molecule has 0 bridgehead atoms. The summed E-state index contributed by atoms with van der Waals surface area (Å²) in [7, 11) is 4.50.